The van der Waals surface area contributed by atoms with Crippen LogP contribution < -0.4 is 5.32 Å². The van der Waals surface area contributed by atoms with E-state index in [9.17, 15) is 8.42 Å². The molecule has 1 saturated carbocycles. The molecule has 1 aliphatic rings. The van der Waals surface area contributed by atoms with E-state index in [1.165, 1.54) is 30.2 Å². The molecule has 0 bridgehead atoms. The van der Waals surface area contributed by atoms with Crippen LogP contribution in [-0.2, 0) is 9.84 Å². The summed E-state index contributed by atoms with van der Waals surface area (Å²) in [5.74, 6) is 0.789. The predicted octanol–water partition coefficient (Wildman–Crippen LogP) is 3.49. The van der Waals surface area contributed by atoms with Gasteiger partial charge in [0.15, 0.2) is 9.84 Å². The van der Waals surface area contributed by atoms with Gasteiger partial charge in [-0.15, -0.1) is 0 Å². The van der Waals surface area contributed by atoms with Crippen LogP contribution in [0.25, 0.3) is 0 Å². The molecule has 3 rings (SSSR count). The zero-order valence-corrected chi connectivity index (χ0v) is 14.4. The third-order valence-electron chi connectivity index (χ3n) is 4.32. The van der Waals surface area contributed by atoms with Gasteiger partial charge >= 0.3 is 0 Å². The normalized spacial score (nSPS) is 16.3. The van der Waals surface area contributed by atoms with E-state index >= 15 is 0 Å². The van der Waals surface area contributed by atoms with Gasteiger partial charge in [0.1, 0.15) is 0 Å². The number of hydrogen-bond donors (Lipinski definition) is 1. The molecule has 0 spiro atoms. The molecule has 0 aliphatic heterocycles. The fourth-order valence-corrected chi connectivity index (χ4v) is 3.42. The molecule has 1 N–H and O–H groups in total. The monoisotopic (exact) mass is 329 g/mol. The standard InChI is InChI=1S/C19H23NO2S/c1-14-4-3-5-17(12-14)19(20-13-15-6-7-15)16-8-10-18(11-9-16)23(2,21)22/h3-5,8-12,15,19-20H,6-7,13H2,1-2H3. The van der Waals surface area contributed by atoms with Crippen LogP contribution in [0.15, 0.2) is 53.4 Å². The van der Waals surface area contributed by atoms with Crippen molar-refractivity contribution in [3.05, 3.63) is 65.2 Å². The molecule has 1 unspecified atom stereocenters. The SMILES string of the molecule is Cc1cccc(C(NCC2CC2)c2ccc(S(C)(=O)=O)cc2)c1. The highest BCUT2D eigenvalue weighted by Gasteiger charge is 2.23. The summed E-state index contributed by atoms with van der Waals surface area (Å²) in [6.07, 6.45) is 3.85. The van der Waals surface area contributed by atoms with Crippen LogP contribution in [0.5, 0.6) is 0 Å². The fourth-order valence-electron chi connectivity index (χ4n) is 2.79. The molecule has 3 nitrogen and oxygen atoms in total. The zero-order chi connectivity index (χ0) is 16.4. The van der Waals surface area contributed by atoms with Crippen LogP contribution in [0.3, 0.4) is 0 Å². The van der Waals surface area contributed by atoms with Crippen molar-refractivity contribution in [1.82, 2.24) is 5.32 Å². The maximum absolute atomic E-state index is 11.6. The van der Waals surface area contributed by atoms with Gasteiger partial charge in [0.25, 0.3) is 0 Å². The topological polar surface area (TPSA) is 46.2 Å². The van der Waals surface area contributed by atoms with E-state index in [-0.39, 0.29) is 6.04 Å². The summed E-state index contributed by atoms with van der Waals surface area (Å²) in [4.78, 5) is 0.367. The van der Waals surface area contributed by atoms with Gasteiger partial charge in [-0.25, -0.2) is 8.42 Å². The summed E-state index contributed by atoms with van der Waals surface area (Å²) in [5.41, 5.74) is 3.55. The first-order chi connectivity index (χ1) is 10.9. The molecule has 2 aromatic rings. The number of benzene rings is 2. The van der Waals surface area contributed by atoms with E-state index in [0.29, 0.717) is 4.90 Å². The largest absolute Gasteiger partial charge is 0.306 e. The Morgan fingerprint density at radius 2 is 1.78 bits per heavy atom. The lowest BCUT2D eigenvalue weighted by atomic mass is 9.97. The molecule has 2 aromatic carbocycles. The Labute approximate surface area is 138 Å². The molecule has 1 aliphatic carbocycles. The number of nitrogens with one attached hydrogen (secondary N) is 1. The average Bonchev–Trinajstić information content (AvgIpc) is 3.31. The second kappa shape index (κ2) is 6.46. The van der Waals surface area contributed by atoms with Crippen LogP contribution in [-0.4, -0.2) is 21.2 Å². The molecule has 0 amide bonds. The van der Waals surface area contributed by atoms with Crippen LogP contribution >= 0.6 is 0 Å². The smallest absolute Gasteiger partial charge is 0.175 e. The number of sulfone groups is 1. The maximum atomic E-state index is 11.6. The fraction of sp³-hybridized carbons (Fsp3) is 0.368. The van der Waals surface area contributed by atoms with Crippen molar-refractivity contribution >= 4 is 9.84 Å². The number of aryl methyl sites for hydroxylation is 1. The van der Waals surface area contributed by atoms with Crippen LogP contribution in [0.1, 0.15) is 35.6 Å². The van der Waals surface area contributed by atoms with E-state index in [0.717, 1.165) is 18.0 Å². The van der Waals surface area contributed by atoms with Gasteiger partial charge in [-0.05, 0) is 55.5 Å². The van der Waals surface area contributed by atoms with E-state index in [4.69, 9.17) is 0 Å². The van der Waals surface area contributed by atoms with Crippen LogP contribution in [0.2, 0.25) is 0 Å². The predicted molar refractivity (Wildman–Crippen MR) is 93.3 cm³/mol. The average molecular weight is 329 g/mol. The lowest BCUT2D eigenvalue weighted by Gasteiger charge is -2.20. The Morgan fingerprint density at radius 3 is 2.35 bits per heavy atom. The van der Waals surface area contributed by atoms with Gasteiger partial charge in [-0.2, -0.15) is 0 Å². The van der Waals surface area contributed by atoms with Crippen molar-refractivity contribution in [1.29, 1.82) is 0 Å². The molecule has 0 aromatic heterocycles. The molecule has 122 valence electrons. The van der Waals surface area contributed by atoms with Crippen LogP contribution in [0, 0.1) is 12.8 Å². The first-order valence-electron chi connectivity index (χ1n) is 8.03. The second-order valence-corrected chi connectivity index (χ2v) is 8.56. The van der Waals surface area contributed by atoms with Gasteiger partial charge < -0.3 is 5.32 Å². The van der Waals surface area contributed by atoms with E-state index < -0.39 is 9.84 Å². The summed E-state index contributed by atoms with van der Waals surface area (Å²) in [6, 6.07) is 15.8. The number of hydrogen-bond acceptors (Lipinski definition) is 3. The minimum absolute atomic E-state index is 0.101. The molecule has 0 radical (unpaired) electrons. The molecule has 23 heavy (non-hydrogen) atoms. The van der Waals surface area contributed by atoms with Crippen molar-refractivity contribution in [3.8, 4) is 0 Å². The third-order valence-corrected chi connectivity index (χ3v) is 5.45. The molecule has 1 fully saturated rings. The van der Waals surface area contributed by atoms with Gasteiger partial charge in [0.05, 0.1) is 10.9 Å². The molecular weight excluding hydrogens is 306 g/mol. The summed E-state index contributed by atoms with van der Waals surface area (Å²) >= 11 is 0. The second-order valence-electron chi connectivity index (χ2n) is 6.54. The van der Waals surface area contributed by atoms with Crippen molar-refractivity contribution in [3.63, 3.8) is 0 Å². The minimum atomic E-state index is -3.15. The molecule has 1 atom stereocenters. The summed E-state index contributed by atoms with van der Waals surface area (Å²) in [7, 11) is -3.15. The first kappa shape index (κ1) is 16.2. The molecule has 4 heteroatoms. The Bertz CT molecular complexity index is 777. The van der Waals surface area contributed by atoms with E-state index in [1.807, 2.05) is 12.1 Å². The Hall–Kier alpha value is -1.65. The summed E-state index contributed by atoms with van der Waals surface area (Å²) in [5, 5.41) is 3.65. The first-order valence-corrected chi connectivity index (χ1v) is 9.92. The molecular formula is C19H23NO2S. The third kappa shape index (κ3) is 4.21. The van der Waals surface area contributed by atoms with Gasteiger partial charge in [0, 0.05) is 6.26 Å². The Kier molecular flexibility index (Phi) is 4.55. The lowest BCUT2D eigenvalue weighted by molar-refractivity contribution is 0.572. The Morgan fingerprint density at radius 1 is 1.09 bits per heavy atom. The highest BCUT2D eigenvalue weighted by Crippen LogP contribution is 2.30. The minimum Gasteiger partial charge on any atom is -0.306 e. The summed E-state index contributed by atoms with van der Waals surface area (Å²) in [6.45, 7) is 3.10. The van der Waals surface area contributed by atoms with Gasteiger partial charge in [-0.3, -0.25) is 0 Å². The van der Waals surface area contributed by atoms with Crippen LogP contribution in [0.4, 0.5) is 0 Å². The highest BCUT2D eigenvalue weighted by atomic mass is 32.2. The van der Waals surface area contributed by atoms with Gasteiger partial charge in [0.2, 0.25) is 0 Å². The summed E-state index contributed by atoms with van der Waals surface area (Å²) < 4.78 is 23.3. The number of rotatable bonds is 6. The van der Waals surface area contributed by atoms with E-state index in [2.05, 4.69) is 36.5 Å². The zero-order valence-electron chi connectivity index (χ0n) is 13.6. The molecule has 0 heterocycles. The molecule has 0 saturated heterocycles. The van der Waals surface area contributed by atoms with Crippen molar-refractivity contribution in [2.75, 3.05) is 12.8 Å². The van der Waals surface area contributed by atoms with Crippen molar-refractivity contribution in [2.45, 2.75) is 30.7 Å². The maximum Gasteiger partial charge on any atom is 0.175 e. The lowest BCUT2D eigenvalue weighted by Crippen LogP contribution is -2.24. The Balaban J connectivity index is 1.90. The quantitative estimate of drug-likeness (QED) is 0.882. The van der Waals surface area contributed by atoms with E-state index in [1.54, 1.807) is 12.1 Å². The van der Waals surface area contributed by atoms with Crippen molar-refractivity contribution < 1.29 is 8.42 Å². The van der Waals surface area contributed by atoms with Crippen molar-refractivity contribution in [2.24, 2.45) is 5.92 Å². The highest BCUT2D eigenvalue weighted by molar-refractivity contribution is 7.90. The van der Waals surface area contributed by atoms with Gasteiger partial charge in [-0.1, -0.05) is 42.0 Å².